The van der Waals surface area contributed by atoms with Gasteiger partial charge in [-0.2, -0.15) is 0 Å². The molecule has 1 N–H and O–H groups in total. The van der Waals surface area contributed by atoms with Gasteiger partial charge in [-0.05, 0) is 37.2 Å². The first kappa shape index (κ1) is 14.6. The van der Waals surface area contributed by atoms with Crippen molar-refractivity contribution in [1.82, 2.24) is 9.88 Å². The minimum atomic E-state index is -0.728. The zero-order valence-electron chi connectivity index (χ0n) is 12.4. The second-order valence-electron chi connectivity index (χ2n) is 5.41. The fraction of sp³-hybridized carbons (Fsp3) is 0.375. The molecule has 1 aliphatic rings. The van der Waals surface area contributed by atoms with Crippen LogP contribution in [0.3, 0.4) is 0 Å². The lowest BCUT2D eigenvalue weighted by Crippen LogP contribution is -2.22. The maximum Gasteiger partial charge on any atom is 0.307 e. The fourth-order valence-electron chi connectivity index (χ4n) is 2.64. The third kappa shape index (κ3) is 3.12. The summed E-state index contributed by atoms with van der Waals surface area (Å²) >= 11 is 0. The third-order valence-corrected chi connectivity index (χ3v) is 3.91. The number of ether oxygens (including phenoxy) is 1. The van der Waals surface area contributed by atoms with Crippen molar-refractivity contribution in [2.45, 2.75) is 13.0 Å². The highest BCUT2D eigenvalue weighted by Crippen LogP contribution is 2.24. The van der Waals surface area contributed by atoms with Crippen molar-refractivity contribution in [3.05, 3.63) is 36.4 Å². The number of rotatable bonds is 5. The lowest BCUT2D eigenvalue weighted by molar-refractivity contribution is -0.141. The van der Waals surface area contributed by atoms with Gasteiger partial charge in [-0.25, -0.2) is 4.98 Å². The van der Waals surface area contributed by atoms with Gasteiger partial charge in [0.1, 0.15) is 5.75 Å². The van der Waals surface area contributed by atoms with Gasteiger partial charge in [-0.15, -0.1) is 0 Å². The van der Waals surface area contributed by atoms with Gasteiger partial charge in [-0.3, -0.25) is 9.69 Å². The van der Waals surface area contributed by atoms with Gasteiger partial charge < -0.3 is 14.3 Å². The molecule has 6 nitrogen and oxygen atoms in total. The molecule has 6 heteroatoms. The summed E-state index contributed by atoms with van der Waals surface area (Å²) in [5.74, 6) is 1.09. The van der Waals surface area contributed by atoms with E-state index in [4.69, 9.17) is 14.3 Å². The number of carboxylic acid groups (broad SMARTS) is 1. The number of hydrogen-bond acceptors (Lipinski definition) is 5. The maximum absolute atomic E-state index is 11.0. The number of hydrogen-bond donors (Lipinski definition) is 1. The Morgan fingerprint density at radius 2 is 2.23 bits per heavy atom. The Morgan fingerprint density at radius 1 is 1.45 bits per heavy atom. The molecule has 1 aliphatic heterocycles. The van der Waals surface area contributed by atoms with Crippen LogP contribution < -0.4 is 4.74 Å². The van der Waals surface area contributed by atoms with Crippen molar-refractivity contribution in [2.75, 3.05) is 20.2 Å². The summed E-state index contributed by atoms with van der Waals surface area (Å²) in [4.78, 5) is 17.3. The van der Waals surface area contributed by atoms with Crippen molar-refractivity contribution in [2.24, 2.45) is 5.92 Å². The number of aromatic nitrogens is 1. The van der Waals surface area contributed by atoms with E-state index in [-0.39, 0.29) is 5.92 Å². The van der Waals surface area contributed by atoms with Crippen molar-refractivity contribution < 1.29 is 19.1 Å². The summed E-state index contributed by atoms with van der Waals surface area (Å²) in [7, 11) is 1.63. The van der Waals surface area contributed by atoms with Crippen LogP contribution in [0.1, 0.15) is 12.3 Å². The summed E-state index contributed by atoms with van der Waals surface area (Å²) in [5.41, 5.74) is 0.935. The van der Waals surface area contributed by atoms with Crippen LogP contribution >= 0.6 is 0 Å². The van der Waals surface area contributed by atoms with Crippen molar-refractivity contribution in [1.29, 1.82) is 0 Å². The average Bonchev–Trinajstić information content (AvgIpc) is 3.17. The normalized spacial score (nSPS) is 18.5. The number of likely N-dealkylation sites (tertiary alicyclic amines) is 1. The molecule has 1 saturated heterocycles. The molecule has 0 saturated carbocycles. The topological polar surface area (TPSA) is 75.8 Å². The first-order valence-corrected chi connectivity index (χ1v) is 7.20. The van der Waals surface area contributed by atoms with E-state index >= 15 is 0 Å². The third-order valence-electron chi connectivity index (χ3n) is 3.91. The Labute approximate surface area is 128 Å². The predicted molar refractivity (Wildman–Crippen MR) is 79.5 cm³/mol. The van der Waals surface area contributed by atoms with E-state index in [0.717, 1.165) is 17.9 Å². The largest absolute Gasteiger partial charge is 0.497 e. The number of benzene rings is 1. The monoisotopic (exact) mass is 302 g/mol. The highest BCUT2D eigenvalue weighted by atomic mass is 16.5. The molecule has 2 heterocycles. The second-order valence-corrected chi connectivity index (χ2v) is 5.41. The molecule has 116 valence electrons. The Morgan fingerprint density at radius 3 is 2.86 bits per heavy atom. The van der Waals surface area contributed by atoms with E-state index in [1.165, 1.54) is 0 Å². The molecule has 2 aromatic rings. The molecular formula is C16H18N2O4. The van der Waals surface area contributed by atoms with Crippen LogP contribution in [0.2, 0.25) is 0 Å². The fourth-order valence-corrected chi connectivity index (χ4v) is 2.64. The van der Waals surface area contributed by atoms with Crippen LogP contribution in [0, 0.1) is 5.92 Å². The Hall–Kier alpha value is -2.34. The van der Waals surface area contributed by atoms with E-state index in [0.29, 0.717) is 31.2 Å². The lowest BCUT2D eigenvalue weighted by Gasteiger charge is -2.11. The molecule has 1 aromatic carbocycles. The molecule has 1 fully saturated rings. The maximum atomic E-state index is 11.0. The van der Waals surface area contributed by atoms with Crippen LogP contribution in [0.15, 0.2) is 34.9 Å². The number of nitrogens with zero attached hydrogens (tertiary/aromatic N) is 2. The molecule has 1 atom stereocenters. The van der Waals surface area contributed by atoms with Gasteiger partial charge in [0.2, 0.25) is 5.89 Å². The van der Waals surface area contributed by atoms with Gasteiger partial charge in [0, 0.05) is 12.1 Å². The van der Waals surface area contributed by atoms with Crippen LogP contribution in [0.5, 0.6) is 5.75 Å². The van der Waals surface area contributed by atoms with E-state index in [1.54, 1.807) is 13.3 Å². The van der Waals surface area contributed by atoms with Gasteiger partial charge >= 0.3 is 5.97 Å². The molecule has 0 spiro atoms. The molecule has 22 heavy (non-hydrogen) atoms. The first-order chi connectivity index (χ1) is 10.7. The molecule has 0 amide bonds. The van der Waals surface area contributed by atoms with E-state index in [2.05, 4.69) is 9.88 Å². The van der Waals surface area contributed by atoms with Crippen molar-refractivity contribution >= 4 is 5.97 Å². The van der Waals surface area contributed by atoms with Gasteiger partial charge in [0.25, 0.3) is 0 Å². The molecule has 3 rings (SSSR count). The minimum absolute atomic E-state index is 0.281. The SMILES string of the molecule is COc1ccc(-c2cnc(CN3CCC(C(=O)O)C3)o2)cc1. The number of methoxy groups -OCH3 is 1. The lowest BCUT2D eigenvalue weighted by atomic mass is 10.1. The minimum Gasteiger partial charge on any atom is -0.497 e. The number of oxazole rings is 1. The standard InChI is InChI=1S/C16H18N2O4/c1-21-13-4-2-11(3-5-13)14-8-17-15(22-14)10-18-7-6-12(9-18)16(19)20/h2-5,8,12H,6-7,9-10H2,1H3,(H,19,20). The molecule has 1 aromatic heterocycles. The molecule has 0 radical (unpaired) electrons. The smallest absolute Gasteiger partial charge is 0.307 e. The summed E-state index contributed by atoms with van der Waals surface area (Å²) < 4.78 is 10.9. The zero-order chi connectivity index (χ0) is 15.5. The second kappa shape index (κ2) is 6.19. The van der Waals surface area contributed by atoms with Crippen LogP contribution in [0.4, 0.5) is 0 Å². The summed E-state index contributed by atoms with van der Waals surface area (Å²) in [6.07, 6.45) is 2.38. The van der Waals surface area contributed by atoms with Crippen LogP contribution in [0.25, 0.3) is 11.3 Å². The highest BCUT2D eigenvalue weighted by molar-refractivity contribution is 5.70. The average molecular weight is 302 g/mol. The molecule has 1 unspecified atom stereocenters. The predicted octanol–water partition coefficient (Wildman–Crippen LogP) is 2.26. The first-order valence-electron chi connectivity index (χ1n) is 7.20. The summed E-state index contributed by atoms with van der Waals surface area (Å²) in [5, 5.41) is 9.02. The summed E-state index contributed by atoms with van der Waals surface area (Å²) in [6.45, 7) is 1.85. The van der Waals surface area contributed by atoms with Crippen molar-refractivity contribution in [3.8, 4) is 17.1 Å². The van der Waals surface area contributed by atoms with E-state index in [9.17, 15) is 4.79 Å². The van der Waals surface area contributed by atoms with E-state index in [1.807, 2.05) is 24.3 Å². The van der Waals surface area contributed by atoms with Gasteiger partial charge in [0.15, 0.2) is 5.76 Å². The Kier molecular flexibility index (Phi) is 4.11. The van der Waals surface area contributed by atoms with Crippen LogP contribution in [-0.2, 0) is 11.3 Å². The summed E-state index contributed by atoms with van der Waals surface area (Å²) in [6, 6.07) is 7.57. The highest BCUT2D eigenvalue weighted by Gasteiger charge is 2.28. The molecule has 0 bridgehead atoms. The zero-order valence-corrected chi connectivity index (χ0v) is 12.4. The van der Waals surface area contributed by atoms with Crippen LogP contribution in [-0.4, -0.2) is 41.2 Å². The van der Waals surface area contributed by atoms with Gasteiger partial charge in [0.05, 0.1) is 25.8 Å². The number of carboxylic acids is 1. The van der Waals surface area contributed by atoms with Gasteiger partial charge in [-0.1, -0.05) is 0 Å². The Bertz CT molecular complexity index is 650. The number of carbonyl (C=O) groups is 1. The quantitative estimate of drug-likeness (QED) is 0.913. The molecular weight excluding hydrogens is 284 g/mol. The number of aliphatic carboxylic acids is 1. The Balaban J connectivity index is 1.65. The van der Waals surface area contributed by atoms with Crippen molar-refractivity contribution in [3.63, 3.8) is 0 Å². The molecule has 0 aliphatic carbocycles. The van der Waals surface area contributed by atoms with E-state index < -0.39 is 5.97 Å².